The molecule has 2 N–H and O–H groups in total. The molecule has 2 heterocycles. The average Bonchev–Trinajstić information content (AvgIpc) is 2.68. The molecule has 1 saturated heterocycles. The van der Waals surface area contributed by atoms with E-state index in [4.69, 9.17) is 0 Å². The summed E-state index contributed by atoms with van der Waals surface area (Å²) >= 11 is 0. The summed E-state index contributed by atoms with van der Waals surface area (Å²) in [4.78, 5) is 27.0. The molecule has 0 saturated carbocycles. The van der Waals surface area contributed by atoms with Crippen LogP contribution in [0.1, 0.15) is 35.2 Å². The molecule has 2 amide bonds. The molecule has 2 aromatic rings. The van der Waals surface area contributed by atoms with E-state index in [-0.39, 0.29) is 17.9 Å². The van der Waals surface area contributed by atoms with Gasteiger partial charge in [0.15, 0.2) is 0 Å². The second-order valence-corrected chi connectivity index (χ2v) is 6.92. The van der Waals surface area contributed by atoms with Crippen molar-refractivity contribution in [3.63, 3.8) is 0 Å². The number of nitrogens with one attached hydrogen (secondary N) is 2. The lowest BCUT2D eigenvalue weighted by atomic mass is 9.97. The first-order valence-electron chi connectivity index (χ1n) is 9.26. The van der Waals surface area contributed by atoms with Crippen LogP contribution in [0.2, 0.25) is 0 Å². The molecule has 0 bridgehead atoms. The number of hydrogen-bond acceptors (Lipinski definition) is 3. The maximum atomic E-state index is 12.4. The van der Waals surface area contributed by atoms with Crippen LogP contribution in [0.5, 0.6) is 0 Å². The number of benzene rings is 2. The number of piperidine rings is 1. The molecule has 1 atom stereocenters. The zero-order chi connectivity index (χ0) is 17.9. The van der Waals surface area contributed by atoms with E-state index < -0.39 is 0 Å². The van der Waals surface area contributed by atoms with E-state index in [1.54, 1.807) is 6.07 Å². The summed E-state index contributed by atoms with van der Waals surface area (Å²) in [6, 6.07) is 15.6. The van der Waals surface area contributed by atoms with Gasteiger partial charge >= 0.3 is 0 Å². The van der Waals surface area contributed by atoms with Crippen molar-refractivity contribution in [3.05, 3.63) is 59.7 Å². The number of rotatable bonds is 4. The standard InChI is InChI=1S/C21H23N3O2/c25-20(22-12-11-15-6-2-1-3-7-15)16-9-10-18-17(14-16)23-21(26)19-8-4-5-13-24(18)19/h1-3,6-7,9-10,14,19H,4-5,8,11-13H2,(H,22,25)(H,23,26). The van der Waals surface area contributed by atoms with Crippen LogP contribution >= 0.6 is 0 Å². The molecule has 0 aromatic heterocycles. The molecule has 134 valence electrons. The van der Waals surface area contributed by atoms with Crippen LogP contribution in [-0.4, -0.2) is 30.9 Å². The largest absolute Gasteiger partial charge is 0.358 e. The van der Waals surface area contributed by atoms with Gasteiger partial charge < -0.3 is 15.5 Å². The van der Waals surface area contributed by atoms with Gasteiger partial charge in [-0.05, 0) is 49.4 Å². The van der Waals surface area contributed by atoms with Gasteiger partial charge in [-0.15, -0.1) is 0 Å². The molecule has 5 heteroatoms. The summed E-state index contributed by atoms with van der Waals surface area (Å²) in [5, 5.41) is 5.93. The topological polar surface area (TPSA) is 61.4 Å². The number of hydrogen-bond donors (Lipinski definition) is 2. The Balaban J connectivity index is 1.44. The van der Waals surface area contributed by atoms with Crippen LogP contribution in [0.3, 0.4) is 0 Å². The Kier molecular flexibility index (Phi) is 4.61. The summed E-state index contributed by atoms with van der Waals surface area (Å²) in [7, 11) is 0. The number of carbonyl (C=O) groups excluding carboxylic acids is 2. The summed E-state index contributed by atoms with van der Waals surface area (Å²) in [6.07, 6.45) is 3.88. The van der Waals surface area contributed by atoms with E-state index in [2.05, 4.69) is 27.7 Å². The lowest BCUT2D eigenvalue weighted by molar-refractivity contribution is -0.118. The smallest absolute Gasteiger partial charge is 0.251 e. The Morgan fingerprint density at radius 1 is 1.15 bits per heavy atom. The van der Waals surface area contributed by atoms with Gasteiger partial charge in [-0.3, -0.25) is 9.59 Å². The molecule has 0 aliphatic carbocycles. The van der Waals surface area contributed by atoms with Gasteiger partial charge in [0.2, 0.25) is 5.91 Å². The van der Waals surface area contributed by atoms with Crippen LogP contribution in [0.15, 0.2) is 48.5 Å². The van der Waals surface area contributed by atoms with Crippen LogP contribution in [-0.2, 0) is 11.2 Å². The quantitative estimate of drug-likeness (QED) is 0.892. The molecular weight excluding hydrogens is 326 g/mol. The predicted molar refractivity (Wildman–Crippen MR) is 103 cm³/mol. The lowest BCUT2D eigenvalue weighted by Gasteiger charge is -2.41. The van der Waals surface area contributed by atoms with E-state index in [1.165, 1.54) is 5.56 Å². The van der Waals surface area contributed by atoms with Crippen molar-refractivity contribution in [1.82, 2.24) is 5.32 Å². The first-order chi connectivity index (χ1) is 12.7. The predicted octanol–water partition coefficient (Wildman–Crippen LogP) is 2.97. The Hall–Kier alpha value is -2.82. The first kappa shape index (κ1) is 16.6. The fourth-order valence-electron chi connectivity index (χ4n) is 3.80. The average molecular weight is 349 g/mol. The molecule has 1 unspecified atom stereocenters. The van der Waals surface area contributed by atoms with E-state index in [0.29, 0.717) is 12.1 Å². The molecule has 1 fully saturated rings. The number of amides is 2. The van der Waals surface area contributed by atoms with E-state index in [0.717, 1.165) is 43.6 Å². The van der Waals surface area contributed by atoms with Crippen molar-refractivity contribution >= 4 is 23.2 Å². The summed E-state index contributed by atoms with van der Waals surface area (Å²) in [6.45, 7) is 1.48. The molecule has 5 nitrogen and oxygen atoms in total. The molecule has 0 radical (unpaired) electrons. The van der Waals surface area contributed by atoms with E-state index in [1.807, 2.05) is 30.3 Å². The van der Waals surface area contributed by atoms with Gasteiger partial charge in [0.25, 0.3) is 5.91 Å². The summed E-state index contributed by atoms with van der Waals surface area (Å²) in [5.41, 5.74) is 3.54. The number of anilines is 2. The van der Waals surface area contributed by atoms with E-state index in [9.17, 15) is 9.59 Å². The molecule has 2 aromatic carbocycles. The fourth-order valence-corrected chi connectivity index (χ4v) is 3.80. The Morgan fingerprint density at radius 3 is 2.85 bits per heavy atom. The van der Waals surface area contributed by atoms with Crippen molar-refractivity contribution in [2.24, 2.45) is 0 Å². The van der Waals surface area contributed by atoms with Gasteiger partial charge in [0.05, 0.1) is 11.4 Å². The molecule has 0 spiro atoms. The second-order valence-electron chi connectivity index (χ2n) is 6.92. The first-order valence-corrected chi connectivity index (χ1v) is 9.26. The third-order valence-corrected chi connectivity index (χ3v) is 5.17. The van der Waals surface area contributed by atoms with Gasteiger partial charge in [-0.1, -0.05) is 30.3 Å². The van der Waals surface area contributed by atoms with Crippen molar-refractivity contribution < 1.29 is 9.59 Å². The molecule has 4 rings (SSSR count). The van der Waals surface area contributed by atoms with Gasteiger partial charge in [0, 0.05) is 18.7 Å². The minimum atomic E-state index is -0.112. The van der Waals surface area contributed by atoms with Crippen LogP contribution < -0.4 is 15.5 Å². The summed E-state index contributed by atoms with van der Waals surface area (Å²) in [5.74, 6) is -0.0717. The third kappa shape index (κ3) is 3.29. The Labute approximate surface area is 153 Å². The van der Waals surface area contributed by atoms with Gasteiger partial charge in [-0.2, -0.15) is 0 Å². The monoisotopic (exact) mass is 349 g/mol. The highest BCUT2D eigenvalue weighted by Crippen LogP contribution is 2.36. The lowest BCUT2D eigenvalue weighted by Crippen LogP contribution is -2.50. The fraction of sp³-hybridized carbons (Fsp3) is 0.333. The molecule has 26 heavy (non-hydrogen) atoms. The third-order valence-electron chi connectivity index (χ3n) is 5.17. The highest BCUT2D eigenvalue weighted by molar-refractivity contribution is 6.05. The Bertz CT molecular complexity index is 819. The maximum Gasteiger partial charge on any atom is 0.251 e. The van der Waals surface area contributed by atoms with Crippen LogP contribution in [0, 0.1) is 0 Å². The Morgan fingerprint density at radius 2 is 2.00 bits per heavy atom. The SMILES string of the molecule is O=C(NCCc1ccccc1)c1ccc2c(c1)NC(=O)C1CCCCN21. The minimum absolute atomic E-state index is 0.0406. The van der Waals surface area contributed by atoms with Crippen LogP contribution in [0.4, 0.5) is 11.4 Å². The van der Waals surface area contributed by atoms with Crippen molar-refractivity contribution in [1.29, 1.82) is 0 Å². The van der Waals surface area contributed by atoms with Gasteiger partial charge in [0.1, 0.15) is 6.04 Å². The van der Waals surface area contributed by atoms with Crippen LogP contribution in [0.25, 0.3) is 0 Å². The number of nitrogens with zero attached hydrogens (tertiary/aromatic N) is 1. The van der Waals surface area contributed by atoms with Crippen molar-refractivity contribution in [2.75, 3.05) is 23.3 Å². The minimum Gasteiger partial charge on any atom is -0.358 e. The zero-order valence-corrected chi connectivity index (χ0v) is 14.7. The van der Waals surface area contributed by atoms with Crippen molar-refractivity contribution in [2.45, 2.75) is 31.7 Å². The highest BCUT2D eigenvalue weighted by Gasteiger charge is 2.34. The normalized spacial score (nSPS) is 18.5. The molecular formula is C21H23N3O2. The number of fused-ring (bicyclic) bond motifs is 3. The van der Waals surface area contributed by atoms with Crippen molar-refractivity contribution in [3.8, 4) is 0 Å². The summed E-state index contributed by atoms with van der Waals surface area (Å²) < 4.78 is 0. The maximum absolute atomic E-state index is 12.4. The number of carbonyl (C=O) groups is 2. The highest BCUT2D eigenvalue weighted by atomic mass is 16.2. The molecule has 2 aliphatic rings. The molecule has 2 aliphatic heterocycles. The zero-order valence-electron chi connectivity index (χ0n) is 14.7. The van der Waals surface area contributed by atoms with E-state index >= 15 is 0 Å². The van der Waals surface area contributed by atoms with Gasteiger partial charge in [-0.25, -0.2) is 0 Å². The second kappa shape index (κ2) is 7.20.